The van der Waals surface area contributed by atoms with Gasteiger partial charge in [-0.25, -0.2) is 0 Å². The summed E-state index contributed by atoms with van der Waals surface area (Å²) in [5, 5.41) is 0. The molecule has 0 bridgehead atoms. The Morgan fingerprint density at radius 2 is 1.79 bits per heavy atom. The van der Waals surface area contributed by atoms with E-state index in [9.17, 15) is 0 Å². The molecular weight excluding hydrogens is 447 g/mol. The standard InChI is InChI=1S/C28H31O5P/c1-5-6-8-11-22-17-26(30-19-31-34(29-4)33-23-12-9-7-10-13-23)28-25-16-20(2)14-15-24(25)21(3)32-27(28)18-22/h7,9-10,12-18H,3,5-6,8,11,19H2,1-2,4H3. The molecule has 0 radical (unpaired) electrons. The third-order valence-electron chi connectivity index (χ3n) is 5.62. The van der Waals surface area contributed by atoms with Crippen LogP contribution in [0, 0.1) is 6.92 Å². The Labute approximate surface area is 203 Å². The summed E-state index contributed by atoms with van der Waals surface area (Å²) in [6.07, 6.45) is 4.42. The van der Waals surface area contributed by atoms with E-state index < -0.39 is 8.60 Å². The van der Waals surface area contributed by atoms with Crippen molar-refractivity contribution in [3.05, 3.63) is 83.9 Å². The van der Waals surface area contributed by atoms with Gasteiger partial charge in [-0.2, -0.15) is 0 Å². The van der Waals surface area contributed by atoms with Gasteiger partial charge in [-0.3, -0.25) is 4.52 Å². The number of rotatable bonds is 11. The van der Waals surface area contributed by atoms with Crippen LogP contribution in [-0.2, 0) is 15.5 Å². The third-order valence-corrected chi connectivity index (χ3v) is 6.59. The van der Waals surface area contributed by atoms with Crippen LogP contribution >= 0.6 is 8.60 Å². The van der Waals surface area contributed by atoms with Gasteiger partial charge < -0.3 is 18.5 Å². The normalized spacial score (nSPS) is 13.0. The van der Waals surface area contributed by atoms with Crippen LogP contribution in [0.5, 0.6) is 17.2 Å². The molecule has 3 aromatic rings. The molecule has 0 spiro atoms. The van der Waals surface area contributed by atoms with Gasteiger partial charge in [-0.05, 0) is 49.6 Å². The molecule has 4 rings (SSSR count). The highest BCUT2D eigenvalue weighted by Crippen LogP contribution is 2.48. The molecule has 0 aliphatic carbocycles. The Hall–Kier alpha value is -2.85. The SMILES string of the molecule is C=C1Oc2cc(CCCCC)cc(OCOP(OC)Oc3ccccc3)c2-c2cc(C)ccc21. The van der Waals surface area contributed by atoms with E-state index in [1.807, 2.05) is 36.4 Å². The third kappa shape index (κ3) is 5.79. The number of fused-ring (bicyclic) bond motifs is 3. The second-order valence-corrected chi connectivity index (χ2v) is 9.45. The van der Waals surface area contributed by atoms with Gasteiger partial charge in [0.1, 0.15) is 23.0 Å². The van der Waals surface area contributed by atoms with Crippen LogP contribution in [0.15, 0.2) is 67.2 Å². The minimum absolute atomic E-state index is 0.0146. The fourth-order valence-corrected chi connectivity index (χ4v) is 4.61. The van der Waals surface area contributed by atoms with Crippen LogP contribution < -0.4 is 14.0 Å². The zero-order valence-electron chi connectivity index (χ0n) is 20.0. The first kappa shape index (κ1) is 24.3. The average molecular weight is 479 g/mol. The van der Waals surface area contributed by atoms with Crippen LogP contribution in [0.1, 0.15) is 42.9 Å². The number of para-hydroxylation sites is 1. The molecule has 1 heterocycles. The summed E-state index contributed by atoms with van der Waals surface area (Å²) in [7, 11) is -0.0379. The molecule has 1 aliphatic heterocycles. The second-order valence-electron chi connectivity index (χ2n) is 8.20. The maximum atomic E-state index is 6.18. The fraction of sp³-hybridized carbons (Fsp3) is 0.286. The van der Waals surface area contributed by atoms with Gasteiger partial charge in [0.25, 0.3) is 0 Å². The van der Waals surface area contributed by atoms with E-state index in [0.29, 0.717) is 17.3 Å². The molecule has 3 aromatic carbocycles. The lowest BCUT2D eigenvalue weighted by molar-refractivity contribution is 0.101. The molecule has 0 fully saturated rings. The van der Waals surface area contributed by atoms with Crippen molar-refractivity contribution < 1.29 is 23.0 Å². The number of hydrogen-bond acceptors (Lipinski definition) is 5. The van der Waals surface area contributed by atoms with Crippen molar-refractivity contribution in [3.63, 3.8) is 0 Å². The monoisotopic (exact) mass is 478 g/mol. The molecule has 5 nitrogen and oxygen atoms in total. The quantitative estimate of drug-likeness (QED) is 0.158. The molecule has 0 saturated heterocycles. The first-order chi connectivity index (χ1) is 16.6. The van der Waals surface area contributed by atoms with Crippen molar-refractivity contribution >= 4 is 14.4 Å². The van der Waals surface area contributed by atoms with Gasteiger partial charge in [-0.15, -0.1) is 0 Å². The predicted octanol–water partition coefficient (Wildman–Crippen LogP) is 8.06. The lowest BCUT2D eigenvalue weighted by Crippen LogP contribution is -2.09. The number of hydrogen-bond donors (Lipinski definition) is 0. The van der Waals surface area contributed by atoms with Crippen LogP contribution in [0.25, 0.3) is 16.9 Å². The molecule has 0 saturated carbocycles. The van der Waals surface area contributed by atoms with E-state index in [4.69, 9.17) is 23.0 Å². The van der Waals surface area contributed by atoms with Gasteiger partial charge in [0, 0.05) is 18.2 Å². The smallest absolute Gasteiger partial charge is 0.399 e. The van der Waals surface area contributed by atoms with Crippen molar-refractivity contribution in [2.45, 2.75) is 39.5 Å². The molecule has 0 amide bonds. The van der Waals surface area contributed by atoms with Crippen LogP contribution in [-0.4, -0.2) is 13.9 Å². The van der Waals surface area contributed by atoms with Crippen molar-refractivity contribution in [2.75, 3.05) is 13.9 Å². The largest absolute Gasteiger partial charge is 0.466 e. The van der Waals surface area contributed by atoms with Crippen LogP contribution in [0.3, 0.4) is 0 Å². The lowest BCUT2D eigenvalue weighted by atomic mass is 9.91. The molecule has 6 heteroatoms. The van der Waals surface area contributed by atoms with E-state index in [-0.39, 0.29) is 6.79 Å². The number of unbranched alkanes of at least 4 members (excludes halogenated alkanes) is 2. The highest BCUT2D eigenvalue weighted by molar-refractivity contribution is 7.42. The Morgan fingerprint density at radius 1 is 0.971 bits per heavy atom. The number of benzene rings is 3. The van der Waals surface area contributed by atoms with E-state index >= 15 is 0 Å². The van der Waals surface area contributed by atoms with Gasteiger partial charge in [-0.1, -0.05) is 68.3 Å². The van der Waals surface area contributed by atoms with Gasteiger partial charge >= 0.3 is 8.60 Å². The predicted molar refractivity (Wildman–Crippen MR) is 137 cm³/mol. The first-order valence-corrected chi connectivity index (χ1v) is 12.7. The Bertz CT molecular complexity index is 1130. The average Bonchev–Trinajstić information content (AvgIpc) is 2.84. The summed E-state index contributed by atoms with van der Waals surface area (Å²) in [5.41, 5.74) is 5.26. The second kappa shape index (κ2) is 11.5. The summed E-state index contributed by atoms with van der Waals surface area (Å²) in [6.45, 7) is 8.40. The highest BCUT2D eigenvalue weighted by Gasteiger charge is 2.26. The Morgan fingerprint density at radius 3 is 2.56 bits per heavy atom. The molecule has 1 atom stereocenters. The topological polar surface area (TPSA) is 46.2 Å². The summed E-state index contributed by atoms with van der Waals surface area (Å²) in [5.74, 6) is 2.81. The number of aryl methyl sites for hydroxylation is 2. The number of ether oxygens (including phenoxy) is 2. The van der Waals surface area contributed by atoms with Crippen LogP contribution in [0.4, 0.5) is 0 Å². The lowest BCUT2D eigenvalue weighted by Gasteiger charge is -2.26. The Balaban J connectivity index is 1.58. The van der Waals surface area contributed by atoms with Gasteiger partial charge in [0.05, 0.1) is 5.56 Å². The minimum Gasteiger partial charge on any atom is -0.466 e. The maximum Gasteiger partial charge on any atom is 0.399 e. The molecule has 1 aliphatic rings. The zero-order chi connectivity index (χ0) is 23.9. The van der Waals surface area contributed by atoms with Crippen molar-refractivity contribution in [2.24, 2.45) is 0 Å². The zero-order valence-corrected chi connectivity index (χ0v) is 20.9. The molecular formula is C28H31O5P. The summed E-state index contributed by atoms with van der Waals surface area (Å²) in [6, 6.07) is 19.9. The summed E-state index contributed by atoms with van der Waals surface area (Å²) >= 11 is 0. The first-order valence-electron chi connectivity index (χ1n) is 11.6. The Kier molecular flexibility index (Phi) is 8.23. The summed E-state index contributed by atoms with van der Waals surface area (Å²) < 4.78 is 29.3. The molecule has 178 valence electrons. The van der Waals surface area contributed by atoms with Gasteiger partial charge in [0.15, 0.2) is 6.79 Å². The van der Waals surface area contributed by atoms with E-state index in [0.717, 1.165) is 40.8 Å². The molecule has 34 heavy (non-hydrogen) atoms. The van der Waals surface area contributed by atoms with E-state index in [1.54, 1.807) is 7.11 Å². The van der Waals surface area contributed by atoms with E-state index in [1.165, 1.54) is 18.4 Å². The van der Waals surface area contributed by atoms with E-state index in [2.05, 4.69) is 44.7 Å². The van der Waals surface area contributed by atoms with Crippen molar-refractivity contribution in [3.8, 4) is 28.4 Å². The van der Waals surface area contributed by atoms with Gasteiger partial charge in [0.2, 0.25) is 0 Å². The molecule has 1 unspecified atom stereocenters. The van der Waals surface area contributed by atoms with Crippen molar-refractivity contribution in [1.82, 2.24) is 0 Å². The summed E-state index contributed by atoms with van der Waals surface area (Å²) in [4.78, 5) is 0. The highest BCUT2D eigenvalue weighted by atomic mass is 31.2. The molecule has 0 aromatic heterocycles. The fourth-order valence-electron chi connectivity index (χ4n) is 3.94. The van der Waals surface area contributed by atoms with Crippen molar-refractivity contribution in [1.29, 1.82) is 0 Å². The maximum absolute atomic E-state index is 6.18. The molecule has 0 N–H and O–H groups in total. The minimum atomic E-state index is -1.60. The van der Waals surface area contributed by atoms with Crippen LogP contribution in [0.2, 0.25) is 0 Å².